The highest BCUT2D eigenvalue weighted by Crippen LogP contribution is 2.23. The molecule has 0 atom stereocenters. The average molecular weight is 278 g/mol. The van der Waals surface area contributed by atoms with E-state index in [1.807, 2.05) is 6.92 Å². The number of aromatic carboxylic acids is 1. The Bertz CT molecular complexity index is 524. The second kappa shape index (κ2) is 6.00. The summed E-state index contributed by atoms with van der Waals surface area (Å²) in [6.07, 6.45) is 1.85. The molecule has 1 heterocycles. The van der Waals surface area contributed by atoms with Gasteiger partial charge in [0.2, 0.25) is 0 Å². The summed E-state index contributed by atoms with van der Waals surface area (Å²) in [5.41, 5.74) is 0.694. The van der Waals surface area contributed by atoms with Gasteiger partial charge in [-0.05, 0) is 38.8 Å². The van der Waals surface area contributed by atoms with Gasteiger partial charge in [-0.3, -0.25) is 4.79 Å². The molecule has 0 spiro atoms. The summed E-state index contributed by atoms with van der Waals surface area (Å²) in [6, 6.07) is 2.95. The van der Waals surface area contributed by atoms with Gasteiger partial charge in [0.1, 0.15) is 5.69 Å². The lowest BCUT2D eigenvalue weighted by atomic mass is 9.89. The first kappa shape index (κ1) is 14.5. The van der Waals surface area contributed by atoms with E-state index in [4.69, 9.17) is 9.84 Å². The number of carbonyl (C=O) groups is 2. The number of rotatable bonds is 5. The Kier molecular flexibility index (Phi) is 4.34. The standard InChI is InChI=1S/C14H18N2O4/c1-3-20-10-6-9(7-10)16-13(17)12-5-4-11(14(18)19)8(2)15-12/h4-5,9-10H,3,6-7H2,1-2H3,(H,16,17)(H,18,19). The largest absolute Gasteiger partial charge is 0.478 e. The van der Waals surface area contributed by atoms with Gasteiger partial charge in [-0.1, -0.05) is 0 Å². The van der Waals surface area contributed by atoms with Crippen molar-refractivity contribution in [3.05, 3.63) is 29.1 Å². The molecule has 2 rings (SSSR count). The summed E-state index contributed by atoms with van der Waals surface area (Å²) in [5, 5.41) is 11.8. The van der Waals surface area contributed by atoms with Crippen LogP contribution >= 0.6 is 0 Å². The maximum absolute atomic E-state index is 12.0. The summed E-state index contributed by atoms with van der Waals surface area (Å²) in [4.78, 5) is 26.9. The van der Waals surface area contributed by atoms with Crippen molar-refractivity contribution < 1.29 is 19.4 Å². The van der Waals surface area contributed by atoms with E-state index in [0.717, 1.165) is 12.8 Å². The highest BCUT2D eigenvalue weighted by Gasteiger charge is 2.31. The van der Waals surface area contributed by atoms with Gasteiger partial charge in [0.05, 0.1) is 17.4 Å². The van der Waals surface area contributed by atoms with E-state index in [2.05, 4.69) is 10.3 Å². The number of aryl methyl sites for hydroxylation is 1. The van der Waals surface area contributed by atoms with Crippen molar-refractivity contribution >= 4 is 11.9 Å². The van der Waals surface area contributed by atoms with Gasteiger partial charge in [0.15, 0.2) is 0 Å². The van der Waals surface area contributed by atoms with Gasteiger partial charge in [-0.2, -0.15) is 0 Å². The van der Waals surface area contributed by atoms with Crippen LogP contribution in [0, 0.1) is 6.92 Å². The van der Waals surface area contributed by atoms with Crippen molar-refractivity contribution in [3.8, 4) is 0 Å². The van der Waals surface area contributed by atoms with Crippen molar-refractivity contribution in [3.63, 3.8) is 0 Å². The first-order chi connectivity index (χ1) is 9.51. The smallest absolute Gasteiger partial charge is 0.337 e. The molecule has 0 bridgehead atoms. The Morgan fingerprint density at radius 1 is 1.45 bits per heavy atom. The summed E-state index contributed by atoms with van der Waals surface area (Å²) in [6.45, 7) is 4.21. The van der Waals surface area contributed by atoms with Crippen LogP contribution in [0.25, 0.3) is 0 Å². The van der Waals surface area contributed by atoms with Crippen molar-refractivity contribution in [1.82, 2.24) is 10.3 Å². The Labute approximate surface area is 117 Å². The van der Waals surface area contributed by atoms with Crippen molar-refractivity contribution in [2.24, 2.45) is 0 Å². The molecule has 1 saturated carbocycles. The molecule has 0 aliphatic heterocycles. The molecule has 1 aliphatic rings. The minimum atomic E-state index is -1.04. The number of pyridine rings is 1. The third kappa shape index (κ3) is 3.14. The SMILES string of the molecule is CCOC1CC(NC(=O)c2ccc(C(=O)O)c(C)n2)C1. The third-order valence-electron chi connectivity index (χ3n) is 3.38. The first-order valence-corrected chi connectivity index (χ1v) is 6.64. The van der Waals surface area contributed by atoms with Crippen LogP contribution in [0.5, 0.6) is 0 Å². The van der Waals surface area contributed by atoms with Gasteiger partial charge in [0, 0.05) is 12.6 Å². The van der Waals surface area contributed by atoms with Gasteiger partial charge >= 0.3 is 5.97 Å². The van der Waals surface area contributed by atoms with Crippen LogP contribution in [0.3, 0.4) is 0 Å². The van der Waals surface area contributed by atoms with Crippen LogP contribution in [0.2, 0.25) is 0 Å². The molecule has 0 unspecified atom stereocenters. The molecule has 6 nitrogen and oxygen atoms in total. The van der Waals surface area contributed by atoms with E-state index < -0.39 is 5.97 Å². The van der Waals surface area contributed by atoms with Gasteiger partial charge < -0.3 is 15.2 Å². The summed E-state index contributed by atoms with van der Waals surface area (Å²) in [7, 11) is 0. The second-order valence-corrected chi connectivity index (χ2v) is 4.85. The number of hydrogen-bond donors (Lipinski definition) is 2. The van der Waals surface area contributed by atoms with Crippen LogP contribution in [0.1, 0.15) is 46.3 Å². The lowest BCUT2D eigenvalue weighted by Crippen LogP contribution is -2.48. The van der Waals surface area contributed by atoms with Crippen molar-refractivity contribution in [2.75, 3.05) is 6.61 Å². The molecule has 1 amide bonds. The quantitative estimate of drug-likeness (QED) is 0.849. The predicted octanol–water partition coefficient (Wildman–Crippen LogP) is 1.39. The van der Waals surface area contributed by atoms with E-state index in [0.29, 0.717) is 12.3 Å². The zero-order chi connectivity index (χ0) is 14.7. The van der Waals surface area contributed by atoms with E-state index in [1.165, 1.54) is 12.1 Å². The molecule has 0 radical (unpaired) electrons. The van der Waals surface area contributed by atoms with Crippen LogP contribution < -0.4 is 5.32 Å². The van der Waals surface area contributed by atoms with E-state index in [-0.39, 0.29) is 29.3 Å². The fourth-order valence-corrected chi connectivity index (χ4v) is 2.23. The fraction of sp³-hybridized carbons (Fsp3) is 0.500. The lowest BCUT2D eigenvalue weighted by molar-refractivity contribution is -0.00868. The summed E-state index contributed by atoms with van der Waals surface area (Å²) >= 11 is 0. The number of nitrogens with one attached hydrogen (secondary N) is 1. The van der Waals surface area contributed by atoms with E-state index in [1.54, 1.807) is 6.92 Å². The molecule has 1 aromatic heterocycles. The van der Waals surface area contributed by atoms with Crippen LogP contribution in [0.4, 0.5) is 0 Å². The molecule has 1 aliphatic carbocycles. The monoisotopic (exact) mass is 278 g/mol. The highest BCUT2D eigenvalue weighted by molar-refractivity contribution is 5.94. The van der Waals surface area contributed by atoms with Crippen molar-refractivity contribution in [1.29, 1.82) is 0 Å². The minimum absolute atomic E-state index is 0.111. The number of carbonyl (C=O) groups excluding carboxylic acids is 1. The Balaban J connectivity index is 1.94. The predicted molar refractivity (Wildman–Crippen MR) is 71.8 cm³/mol. The Hall–Kier alpha value is -1.95. The number of carboxylic acids is 1. The fourth-order valence-electron chi connectivity index (χ4n) is 2.23. The molecule has 0 saturated heterocycles. The number of nitrogens with zero attached hydrogens (tertiary/aromatic N) is 1. The topological polar surface area (TPSA) is 88.5 Å². The molecule has 6 heteroatoms. The molecule has 1 fully saturated rings. The van der Waals surface area contributed by atoms with Crippen LogP contribution in [-0.4, -0.2) is 40.7 Å². The zero-order valence-corrected chi connectivity index (χ0v) is 11.5. The Morgan fingerprint density at radius 2 is 2.15 bits per heavy atom. The van der Waals surface area contributed by atoms with Gasteiger partial charge in [0.25, 0.3) is 5.91 Å². The molecular weight excluding hydrogens is 260 g/mol. The van der Waals surface area contributed by atoms with Gasteiger partial charge in [-0.15, -0.1) is 0 Å². The molecule has 1 aromatic rings. The maximum atomic E-state index is 12.0. The maximum Gasteiger partial charge on any atom is 0.337 e. The number of ether oxygens (including phenoxy) is 1. The van der Waals surface area contributed by atoms with Crippen LogP contribution in [-0.2, 0) is 4.74 Å². The van der Waals surface area contributed by atoms with Gasteiger partial charge in [-0.25, -0.2) is 9.78 Å². The molecule has 2 N–H and O–H groups in total. The second-order valence-electron chi connectivity index (χ2n) is 4.85. The third-order valence-corrected chi connectivity index (χ3v) is 3.38. The molecular formula is C14H18N2O4. The number of hydrogen-bond acceptors (Lipinski definition) is 4. The molecule has 0 aromatic carbocycles. The molecule has 20 heavy (non-hydrogen) atoms. The summed E-state index contributed by atoms with van der Waals surface area (Å²) < 4.78 is 5.42. The molecule has 108 valence electrons. The zero-order valence-electron chi connectivity index (χ0n) is 11.5. The van der Waals surface area contributed by atoms with Crippen molar-refractivity contribution in [2.45, 2.75) is 38.8 Å². The average Bonchev–Trinajstić information content (AvgIpc) is 2.35. The minimum Gasteiger partial charge on any atom is -0.478 e. The van der Waals surface area contributed by atoms with E-state index in [9.17, 15) is 9.59 Å². The number of carboxylic acid groups (broad SMARTS) is 1. The lowest BCUT2D eigenvalue weighted by Gasteiger charge is -2.35. The van der Waals surface area contributed by atoms with Crippen LogP contribution in [0.15, 0.2) is 12.1 Å². The summed E-state index contributed by atoms with van der Waals surface area (Å²) in [5.74, 6) is -1.31. The number of amides is 1. The normalized spacial score (nSPS) is 21.1. The first-order valence-electron chi connectivity index (χ1n) is 6.64. The van der Waals surface area contributed by atoms with E-state index >= 15 is 0 Å². The Morgan fingerprint density at radius 3 is 2.70 bits per heavy atom. The highest BCUT2D eigenvalue weighted by atomic mass is 16.5. The number of aromatic nitrogens is 1.